The zero-order chi connectivity index (χ0) is 18.0. The number of nitrogens with zero attached hydrogens (tertiary/aromatic N) is 1. The van der Waals surface area contributed by atoms with Crippen molar-refractivity contribution in [3.05, 3.63) is 68.4 Å². The van der Waals surface area contributed by atoms with E-state index in [0.717, 1.165) is 23.0 Å². The third kappa shape index (κ3) is 3.71. The number of nitrogens with one attached hydrogen (secondary N) is 1. The second-order valence-electron chi connectivity index (χ2n) is 5.59. The number of hydrogen-bond acceptors (Lipinski definition) is 4. The summed E-state index contributed by atoms with van der Waals surface area (Å²) in [5.74, 6) is -0.223. The molecule has 3 aromatic rings. The Morgan fingerprint density at radius 3 is 2.76 bits per heavy atom. The molecule has 6 nitrogen and oxygen atoms in total. The molecule has 0 bridgehead atoms. The summed E-state index contributed by atoms with van der Waals surface area (Å²) in [6.45, 7) is 2.07. The van der Waals surface area contributed by atoms with Gasteiger partial charge < -0.3 is 9.73 Å². The molecule has 0 fully saturated rings. The Kier molecular flexibility index (Phi) is 4.85. The Hall–Kier alpha value is -2.67. The number of fused-ring (bicyclic) bond motifs is 1. The number of aryl methyl sites for hydroxylation is 1. The van der Waals surface area contributed by atoms with Crippen LogP contribution in [0.15, 0.2) is 51.6 Å². The van der Waals surface area contributed by atoms with E-state index in [2.05, 4.69) is 28.2 Å². The second-order valence-corrected chi connectivity index (χ2v) is 6.45. The van der Waals surface area contributed by atoms with Crippen LogP contribution in [0.3, 0.4) is 0 Å². The van der Waals surface area contributed by atoms with E-state index in [-0.39, 0.29) is 18.0 Å². The van der Waals surface area contributed by atoms with E-state index < -0.39 is 4.92 Å². The molecule has 2 aromatic carbocycles. The minimum atomic E-state index is -0.487. The Morgan fingerprint density at radius 1 is 1.28 bits per heavy atom. The maximum Gasteiger partial charge on any atom is 0.270 e. The quantitative estimate of drug-likeness (QED) is 0.488. The van der Waals surface area contributed by atoms with Crippen LogP contribution in [0.5, 0.6) is 0 Å². The first kappa shape index (κ1) is 17.2. The molecule has 3 rings (SSSR count). The number of carbonyl (C=O) groups excluding carboxylic acids is 1. The van der Waals surface area contributed by atoms with Gasteiger partial charge in [-0.15, -0.1) is 0 Å². The number of amides is 1. The molecule has 0 aliphatic rings. The number of non-ortho nitro benzene ring substituents is 1. The SMILES string of the molecule is CCc1ccc2occ(CC(=O)Nc3ccc([N+](=O)[O-])cc3Br)c2c1. The van der Waals surface area contributed by atoms with Gasteiger partial charge >= 0.3 is 0 Å². The summed E-state index contributed by atoms with van der Waals surface area (Å²) in [4.78, 5) is 22.6. The van der Waals surface area contributed by atoms with E-state index in [1.807, 2.05) is 18.2 Å². The summed E-state index contributed by atoms with van der Waals surface area (Å²) in [5.41, 5.74) is 3.17. The van der Waals surface area contributed by atoms with Gasteiger partial charge in [0.05, 0.1) is 23.3 Å². The van der Waals surface area contributed by atoms with Crippen molar-refractivity contribution in [2.75, 3.05) is 5.32 Å². The van der Waals surface area contributed by atoms with E-state index in [4.69, 9.17) is 4.42 Å². The maximum absolute atomic E-state index is 12.3. The number of nitro benzene ring substituents is 1. The molecular weight excluding hydrogens is 388 g/mol. The lowest BCUT2D eigenvalue weighted by molar-refractivity contribution is -0.384. The summed E-state index contributed by atoms with van der Waals surface area (Å²) in [5, 5.41) is 14.4. The van der Waals surface area contributed by atoms with Crippen molar-refractivity contribution < 1.29 is 14.1 Å². The van der Waals surface area contributed by atoms with Crippen LogP contribution in [0.2, 0.25) is 0 Å². The van der Waals surface area contributed by atoms with E-state index in [9.17, 15) is 14.9 Å². The lowest BCUT2D eigenvalue weighted by Gasteiger charge is -2.07. The number of benzene rings is 2. The van der Waals surface area contributed by atoms with Gasteiger partial charge in [-0.2, -0.15) is 0 Å². The smallest absolute Gasteiger partial charge is 0.270 e. The molecule has 0 aliphatic heterocycles. The molecule has 1 heterocycles. The Labute approximate surface area is 152 Å². The van der Waals surface area contributed by atoms with Crippen molar-refractivity contribution in [3.8, 4) is 0 Å². The monoisotopic (exact) mass is 402 g/mol. The van der Waals surface area contributed by atoms with Gasteiger partial charge in [-0.1, -0.05) is 13.0 Å². The first-order valence-electron chi connectivity index (χ1n) is 7.70. The van der Waals surface area contributed by atoms with Gasteiger partial charge in [0.1, 0.15) is 5.58 Å². The summed E-state index contributed by atoms with van der Waals surface area (Å²) in [6.07, 6.45) is 2.65. The molecule has 0 aliphatic carbocycles. The molecule has 1 aromatic heterocycles. The van der Waals surface area contributed by atoms with Crippen LogP contribution in [-0.2, 0) is 17.6 Å². The Balaban J connectivity index is 1.78. The molecule has 1 N–H and O–H groups in total. The van der Waals surface area contributed by atoms with Crippen LogP contribution in [0, 0.1) is 10.1 Å². The van der Waals surface area contributed by atoms with Crippen LogP contribution >= 0.6 is 15.9 Å². The number of hydrogen-bond donors (Lipinski definition) is 1. The van der Waals surface area contributed by atoms with E-state index in [0.29, 0.717) is 10.2 Å². The molecule has 0 saturated carbocycles. The minimum Gasteiger partial charge on any atom is -0.464 e. The van der Waals surface area contributed by atoms with Gasteiger partial charge in [0.25, 0.3) is 5.69 Å². The third-order valence-electron chi connectivity index (χ3n) is 3.91. The Bertz CT molecular complexity index is 965. The molecule has 25 heavy (non-hydrogen) atoms. The molecule has 7 heteroatoms. The molecule has 1 amide bonds. The fraction of sp³-hybridized carbons (Fsp3) is 0.167. The van der Waals surface area contributed by atoms with E-state index in [1.54, 1.807) is 6.26 Å². The first-order valence-corrected chi connectivity index (χ1v) is 8.50. The highest BCUT2D eigenvalue weighted by Crippen LogP contribution is 2.28. The Morgan fingerprint density at radius 2 is 2.08 bits per heavy atom. The molecule has 0 spiro atoms. The normalized spacial score (nSPS) is 10.8. The average molecular weight is 403 g/mol. The third-order valence-corrected chi connectivity index (χ3v) is 4.57. The largest absolute Gasteiger partial charge is 0.464 e. The number of rotatable bonds is 5. The van der Waals surface area contributed by atoms with Crippen LogP contribution in [0.1, 0.15) is 18.1 Å². The highest BCUT2D eigenvalue weighted by molar-refractivity contribution is 9.10. The summed E-state index contributed by atoms with van der Waals surface area (Å²) < 4.78 is 5.96. The molecule has 128 valence electrons. The van der Waals surface area contributed by atoms with Crippen molar-refractivity contribution in [1.29, 1.82) is 0 Å². The van der Waals surface area contributed by atoms with E-state index in [1.165, 1.54) is 23.8 Å². The van der Waals surface area contributed by atoms with Crippen LogP contribution < -0.4 is 5.32 Å². The van der Waals surface area contributed by atoms with Crippen LogP contribution in [0.4, 0.5) is 11.4 Å². The fourth-order valence-electron chi connectivity index (χ4n) is 2.57. The standard InChI is InChI=1S/C18H15BrN2O4/c1-2-11-3-6-17-14(7-11)12(10-25-17)8-18(22)20-16-5-4-13(21(23)24)9-15(16)19/h3-7,9-10H,2,8H2,1H3,(H,20,22). The van der Waals surface area contributed by atoms with Crippen molar-refractivity contribution in [2.45, 2.75) is 19.8 Å². The van der Waals surface area contributed by atoms with Crippen molar-refractivity contribution in [3.63, 3.8) is 0 Å². The van der Waals surface area contributed by atoms with Gasteiger partial charge in [-0.25, -0.2) is 0 Å². The highest BCUT2D eigenvalue weighted by Gasteiger charge is 2.14. The number of nitro groups is 1. The zero-order valence-electron chi connectivity index (χ0n) is 13.4. The summed E-state index contributed by atoms with van der Waals surface area (Å²) in [7, 11) is 0. The second kappa shape index (κ2) is 7.06. The average Bonchev–Trinajstić information content (AvgIpc) is 2.98. The predicted molar refractivity (Wildman–Crippen MR) is 98.7 cm³/mol. The molecule has 0 unspecified atom stereocenters. The number of furan rings is 1. The van der Waals surface area contributed by atoms with Gasteiger partial charge in [0.2, 0.25) is 5.91 Å². The van der Waals surface area contributed by atoms with Crippen molar-refractivity contribution in [2.24, 2.45) is 0 Å². The summed E-state index contributed by atoms with van der Waals surface area (Å²) >= 11 is 3.24. The highest BCUT2D eigenvalue weighted by atomic mass is 79.9. The van der Waals surface area contributed by atoms with E-state index >= 15 is 0 Å². The van der Waals surface area contributed by atoms with Gasteiger partial charge in [-0.05, 0) is 46.1 Å². The van der Waals surface area contributed by atoms with Gasteiger partial charge in [0, 0.05) is 27.6 Å². The lowest BCUT2D eigenvalue weighted by Crippen LogP contribution is -2.14. The minimum absolute atomic E-state index is 0.0437. The number of halogens is 1. The predicted octanol–water partition coefficient (Wildman–Crippen LogP) is 4.85. The number of carbonyl (C=O) groups is 1. The van der Waals surface area contributed by atoms with Crippen molar-refractivity contribution in [1.82, 2.24) is 0 Å². The molecule has 0 saturated heterocycles. The molecular formula is C18H15BrN2O4. The van der Waals surface area contributed by atoms with Gasteiger partial charge in [0.15, 0.2) is 0 Å². The summed E-state index contributed by atoms with van der Waals surface area (Å²) in [6, 6.07) is 10.1. The number of anilines is 1. The molecule has 0 atom stereocenters. The van der Waals surface area contributed by atoms with Crippen molar-refractivity contribution >= 4 is 44.2 Å². The lowest BCUT2D eigenvalue weighted by atomic mass is 10.1. The fourth-order valence-corrected chi connectivity index (χ4v) is 3.04. The first-order chi connectivity index (χ1) is 12.0. The van der Waals surface area contributed by atoms with Crippen LogP contribution in [0.25, 0.3) is 11.0 Å². The topological polar surface area (TPSA) is 85.4 Å². The zero-order valence-corrected chi connectivity index (χ0v) is 15.0. The maximum atomic E-state index is 12.3. The van der Waals surface area contributed by atoms with Gasteiger partial charge in [-0.3, -0.25) is 14.9 Å². The molecule has 0 radical (unpaired) electrons. The van der Waals surface area contributed by atoms with Crippen LogP contribution in [-0.4, -0.2) is 10.8 Å².